The van der Waals surface area contributed by atoms with Gasteiger partial charge in [-0.25, -0.2) is 4.39 Å². The van der Waals surface area contributed by atoms with Gasteiger partial charge < -0.3 is 5.11 Å². The summed E-state index contributed by atoms with van der Waals surface area (Å²) in [6, 6.07) is 9.48. The van der Waals surface area contributed by atoms with Crippen LogP contribution < -0.4 is 5.56 Å². The summed E-state index contributed by atoms with van der Waals surface area (Å²) < 4.78 is 14.2. The topological polar surface area (TPSA) is 114 Å². The summed E-state index contributed by atoms with van der Waals surface area (Å²) >= 11 is 5.08. The van der Waals surface area contributed by atoms with E-state index in [9.17, 15) is 24.4 Å². The Hall–Kier alpha value is -3.66. The molecule has 0 radical (unpaired) electrons. The average Bonchev–Trinajstić information content (AvgIpc) is 2.63. The minimum Gasteiger partial charge on any atom is -0.494 e. The maximum atomic E-state index is 13.2. The van der Waals surface area contributed by atoms with Crippen LogP contribution in [0.4, 0.5) is 15.8 Å². The fraction of sp³-hybridized carbons (Fsp3) is 0.0556. The molecule has 3 rings (SSSR count). The Balaban J connectivity index is 2.12. The van der Waals surface area contributed by atoms with Crippen LogP contribution >= 0.6 is 12.2 Å². The van der Waals surface area contributed by atoms with Gasteiger partial charge in [0.25, 0.3) is 11.2 Å². The van der Waals surface area contributed by atoms with Gasteiger partial charge in [0.05, 0.1) is 21.9 Å². The summed E-state index contributed by atoms with van der Waals surface area (Å²) in [5.41, 5.74) is -0.0947. The van der Waals surface area contributed by atoms with E-state index in [0.29, 0.717) is 11.3 Å². The molecule has 3 aromatic rings. The van der Waals surface area contributed by atoms with E-state index < -0.39 is 22.2 Å². The molecule has 2 N–H and O–H groups in total. The molecule has 0 saturated heterocycles. The number of aromatic nitrogens is 2. The molecular weight excluding hydrogens is 387 g/mol. The van der Waals surface area contributed by atoms with Gasteiger partial charge in [0, 0.05) is 12.3 Å². The van der Waals surface area contributed by atoms with Gasteiger partial charge in [0.1, 0.15) is 11.4 Å². The third-order valence-electron chi connectivity index (χ3n) is 4.01. The lowest BCUT2D eigenvalue weighted by molar-refractivity contribution is -0.385. The second kappa shape index (κ2) is 7.53. The summed E-state index contributed by atoms with van der Waals surface area (Å²) in [7, 11) is 0. The monoisotopic (exact) mass is 400 g/mol. The van der Waals surface area contributed by atoms with Crippen molar-refractivity contribution in [1.82, 2.24) is 9.55 Å². The lowest BCUT2D eigenvalue weighted by atomic mass is 10.1. The third-order valence-corrected chi connectivity index (χ3v) is 4.30. The lowest BCUT2D eigenvalue weighted by Crippen LogP contribution is -2.18. The first-order valence-corrected chi connectivity index (χ1v) is 8.32. The van der Waals surface area contributed by atoms with Gasteiger partial charge in [-0.2, -0.15) is 0 Å². The summed E-state index contributed by atoms with van der Waals surface area (Å²) in [6.45, 7) is 1.53. The van der Waals surface area contributed by atoms with E-state index in [0.717, 1.165) is 10.8 Å². The Morgan fingerprint density at radius 2 is 1.96 bits per heavy atom. The van der Waals surface area contributed by atoms with Crippen molar-refractivity contribution in [2.45, 2.75) is 6.92 Å². The molecule has 0 saturated carbocycles. The molecule has 2 aromatic carbocycles. The number of rotatable bonds is 4. The zero-order valence-corrected chi connectivity index (χ0v) is 15.2. The molecule has 0 unspecified atom stereocenters. The average molecular weight is 400 g/mol. The lowest BCUT2D eigenvalue weighted by Gasteiger charge is -2.11. The van der Waals surface area contributed by atoms with Crippen LogP contribution in [0.15, 0.2) is 52.3 Å². The molecule has 8 nitrogen and oxygen atoms in total. The van der Waals surface area contributed by atoms with Gasteiger partial charge in [-0.3, -0.25) is 29.5 Å². The second-order valence-corrected chi connectivity index (χ2v) is 6.13. The minimum atomic E-state index is -0.687. The van der Waals surface area contributed by atoms with Gasteiger partial charge >= 0.3 is 0 Å². The molecule has 0 aliphatic rings. The predicted molar refractivity (Wildman–Crippen MR) is 104 cm³/mol. The van der Waals surface area contributed by atoms with Crippen LogP contribution in [-0.2, 0) is 0 Å². The van der Waals surface area contributed by atoms with Crippen molar-refractivity contribution in [1.29, 1.82) is 0 Å². The molecule has 28 heavy (non-hydrogen) atoms. The fourth-order valence-corrected chi connectivity index (χ4v) is 2.85. The number of nitrogens with one attached hydrogen (secondary N) is 1. The number of benzene rings is 2. The highest BCUT2D eigenvalue weighted by Gasteiger charge is 2.15. The summed E-state index contributed by atoms with van der Waals surface area (Å²) in [5.74, 6) is -0.964. The predicted octanol–water partition coefficient (Wildman–Crippen LogP) is 3.71. The Bertz CT molecular complexity index is 1220. The SMILES string of the molecule is Cc1c(N=Cc2c(O)n(-c3ccc(F)cc3)c(=S)[nH]c2=O)cccc1[N+](=O)[O-]. The number of H-pyrrole nitrogens is 1. The highest BCUT2D eigenvalue weighted by Crippen LogP contribution is 2.27. The maximum Gasteiger partial charge on any atom is 0.274 e. The number of hydrogen-bond acceptors (Lipinski definition) is 6. The van der Waals surface area contributed by atoms with Crippen LogP contribution in [0.25, 0.3) is 5.69 Å². The first kappa shape index (κ1) is 19.1. The fourth-order valence-electron chi connectivity index (χ4n) is 2.57. The normalized spacial score (nSPS) is 11.1. The molecule has 0 aliphatic carbocycles. The van der Waals surface area contributed by atoms with E-state index >= 15 is 0 Å². The largest absolute Gasteiger partial charge is 0.494 e. The third kappa shape index (κ3) is 3.58. The van der Waals surface area contributed by atoms with Gasteiger partial charge in [-0.1, -0.05) is 6.07 Å². The van der Waals surface area contributed by atoms with Crippen LogP contribution in [0, 0.1) is 27.6 Å². The molecule has 0 amide bonds. The smallest absolute Gasteiger partial charge is 0.274 e. The minimum absolute atomic E-state index is 0.0854. The first-order chi connectivity index (χ1) is 13.3. The van der Waals surface area contributed by atoms with E-state index in [1.807, 2.05) is 0 Å². The Labute approximate surface area is 162 Å². The van der Waals surface area contributed by atoms with Crippen molar-refractivity contribution >= 4 is 29.8 Å². The number of halogens is 1. The van der Waals surface area contributed by atoms with Crippen LogP contribution in [-0.4, -0.2) is 25.8 Å². The van der Waals surface area contributed by atoms with Crippen molar-refractivity contribution in [3.63, 3.8) is 0 Å². The highest BCUT2D eigenvalue weighted by atomic mass is 32.1. The zero-order chi connectivity index (χ0) is 20.4. The number of nitro groups is 1. The first-order valence-electron chi connectivity index (χ1n) is 7.92. The molecule has 0 bridgehead atoms. The molecular formula is C18H13FN4O4S. The zero-order valence-electron chi connectivity index (χ0n) is 14.4. The number of aromatic hydroxyl groups is 1. The van der Waals surface area contributed by atoms with Crippen LogP contribution in [0.2, 0.25) is 0 Å². The molecule has 1 aromatic heterocycles. The standard InChI is InChI=1S/C18H13FN4O4S/c1-10-14(3-2-4-15(10)23(26)27)20-9-13-16(24)21-18(28)22(17(13)25)12-7-5-11(19)6-8-12/h2-9,25H,1H3,(H,21,24,28). The summed E-state index contributed by atoms with van der Waals surface area (Å²) in [5, 5.41) is 21.6. The molecule has 10 heteroatoms. The molecule has 0 fully saturated rings. The molecule has 0 aliphatic heterocycles. The van der Waals surface area contributed by atoms with Gasteiger partial charge in [-0.15, -0.1) is 0 Å². The van der Waals surface area contributed by atoms with E-state index in [1.54, 1.807) is 6.07 Å². The van der Waals surface area contributed by atoms with E-state index in [-0.39, 0.29) is 21.7 Å². The van der Waals surface area contributed by atoms with Gasteiger partial charge in [0.15, 0.2) is 4.77 Å². The molecule has 142 valence electrons. The van der Waals surface area contributed by atoms with Crippen molar-refractivity contribution in [3.05, 3.63) is 84.6 Å². The number of nitro benzene ring substituents is 1. The molecule has 1 heterocycles. The van der Waals surface area contributed by atoms with E-state index in [2.05, 4.69) is 9.98 Å². The Kier molecular flexibility index (Phi) is 5.14. The highest BCUT2D eigenvalue weighted by molar-refractivity contribution is 7.71. The van der Waals surface area contributed by atoms with Gasteiger partial charge in [0.2, 0.25) is 5.88 Å². The van der Waals surface area contributed by atoms with Crippen molar-refractivity contribution in [2.24, 2.45) is 4.99 Å². The number of hydrogen-bond donors (Lipinski definition) is 2. The quantitative estimate of drug-likeness (QED) is 0.300. The molecule has 0 atom stereocenters. The van der Waals surface area contributed by atoms with Crippen LogP contribution in [0.3, 0.4) is 0 Å². The summed E-state index contributed by atoms with van der Waals surface area (Å²) in [6.07, 6.45) is 1.09. The van der Waals surface area contributed by atoms with E-state index in [4.69, 9.17) is 12.2 Å². The summed E-state index contributed by atoms with van der Waals surface area (Å²) in [4.78, 5) is 29.2. The van der Waals surface area contributed by atoms with Crippen molar-refractivity contribution in [2.75, 3.05) is 0 Å². The number of aliphatic imine (C=N–C) groups is 1. The Morgan fingerprint density at radius 3 is 2.61 bits per heavy atom. The number of aromatic amines is 1. The van der Waals surface area contributed by atoms with Crippen molar-refractivity contribution < 1.29 is 14.4 Å². The van der Waals surface area contributed by atoms with Crippen LogP contribution in [0.1, 0.15) is 11.1 Å². The number of nitrogens with zero attached hydrogens (tertiary/aromatic N) is 3. The van der Waals surface area contributed by atoms with Crippen molar-refractivity contribution in [3.8, 4) is 11.6 Å². The second-order valence-electron chi connectivity index (χ2n) is 5.74. The molecule has 0 spiro atoms. The Morgan fingerprint density at radius 1 is 1.29 bits per heavy atom. The van der Waals surface area contributed by atoms with Gasteiger partial charge in [-0.05, 0) is 49.5 Å². The van der Waals surface area contributed by atoms with E-state index in [1.165, 1.54) is 43.3 Å². The maximum absolute atomic E-state index is 13.2. The van der Waals surface area contributed by atoms with Crippen LogP contribution in [0.5, 0.6) is 5.88 Å².